The van der Waals surface area contributed by atoms with Crippen LogP contribution in [0.25, 0.3) is 0 Å². The molecule has 0 atom stereocenters. The molecule has 1 aliphatic carbocycles. The molecule has 1 N–H and O–H groups in total. The van der Waals surface area contributed by atoms with Gasteiger partial charge in [-0.25, -0.2) is 9.97 Å². The number of aromatic nitrogens is 2. The van der Waals surface area contributed by atoms with E-state index in [1.54, 1.807) is 14.2 Å². The van der Waals surface area contributed by atoms with Gasteiger partial charge in [-0.1, -0.05) is 19.3 Å². The zero-order valence-corrected chi connectivity index (χ0v) is 12.0. The summed E-state index contributed by atoms with van der Waals surface area (Å²) in [5.41, 5.74) is 1.09. The Kier molecular flexibility index (Phi) is 4.58. The molecule has 0 unspecified atom stereocenters. The minimum atomic E-state index is 0.199. The van der Waals surface area contributed by atoms with E-state index in [2.05, 4.69) is 22.2 Å². The van der Waals surface area contributed by atoms with Crippen molar-refractivity contribution in [3.05, 3.63) is 11.9 Å². The van der Waals surface area contributed by atoms with Crippen molar-refractivity contribution in [1.29, 1.82) is 0 Å². The molecule has 0 amide bonds. The first kappa shape index (κ1) is 14.1. The molecule has 5 nitrogen and oxygen atoms in total. The van der Waals surface area contributed by atoms with Crippen molar-refractivity contribution < 1.29 is 9.47 Å². The smallest absolute Gasteiger partial charge is 0.224 e. The summed E-state index contributed by atoms with van der Waals surface area (Å²) in [5, 5.41) is 3.62. The minimum absolute atomic E-state index is 0.199. The highest BCUT2D eigenvalue weighted by molar-refractivity contribution is 5.34. The van der Waals surface area contributed by atoms with Crippen LogP contribution in [0, 0.1) is 0 Å². The Bertz CT molecular complexity index is 395. The van der Waals surface area contributed by atoms with Gasteiger partial charge in [0, 0.05) is 12.1 Å². The molecule has 0 bridgehead atoms. The molecule has 106 valence electrons. The van der Waals surface area contributed by atoms with E-state index in [4.69, 9.17) is 9.47 Å². The number of hydrogen-bond acceptors (Lipinski definition) is 5. The molecule has 1 saturated carbocycles. The molecule has 19 heavy (non-hydrogen) atoms. The van der Waals surface area contributed by atoms with Crippen LogP contribution in [0.5, 0.6) is 11.8 Å². The zero-order valence-electron chi connectivity index (χ0n) is 12.0. The third-order valence-electron chi connectivity index (χ3n) is 3.90. The maximum atomic E-state index is 5.29. The van der Waals surface area contributed by atoms with Crippen LogP contribution in [-0.2, 0) is 6.54 Å². The lowest BCUT2D eigenvalue weighted by atomic mass is 9.83. The fourth-order valence-electron chi connectivity index (χ4n) is 2.69. The second-order valence-electron chi connectivity index (χ2n) is 5.35. The topological polar surface area (TPSA) is 56.3 Å². The summed E-state index contributed by atoms with van der Waals surface area (Å²) < 4.78 is 10.6. The molecule has 2 rings (SSSR count). The van der Waals surface area contributed by atoms with Crippen molar-refractivity contribution in [2.45, 2.75) is 51.1 Å². The van der Waals surface area contributed by atoms with Gasteiger partial charge in [-0.15, -0.1) is 0 Å². The van der Waals surface area contributed by atoms with E-state index in [-0.39, 0.29) is 5.54 Å². The van der Waals surface area contributed by atoms with Crippen molar-refractivity contribution in [2.75, 3.05) is 14.2 Å². The molecule has 1 aliphatic rings. The van der Waals surface area contributed by atoms with E-state index in [1.807, 2.05) is 0 Å². The Labute approximate surface area is 114 Å². The molecule has 0 spiro atoms. The van der Waals surface area contributed by atoms with E-state index in [0.29, 0.717) is 18.3 Å². The van der Waals surface area contributed by atoms with Gasteiger partial charge in [0.25, 0.3) is 0 Å². The number of nitrogens with zero attached hydrogens (tertiary/aromatic N) is 2. The monoisotopic (exact) mass is 265 g/mol. The van der Waals surface area contributed by atoms with Gasteiger partial charge in [-0.3, -0.25) is 0 Å². The van der Waals surface area contributed by atoms with Gasteiger partial charge >= 0.3 is 0 Å². The van der Waals surface area contributed by atoms with Crippen LogP contribution in [0.2, 0.25) is 0 Å². The summed E-state index contributed by atoms with van der Waals surface area (Å²) in [4.78, 5) is 8.28. The molecule has 0 radical (unpaired) electrons. The third kappa shape index (κ3) is 3.35. The molecule has 0 aromatic carbocycles. The molecule has 1 aromatic heterocycles. The normalized spacial score (nSPS) is 18.1. The largest absolute Gasteiger partial charge is 0.481 e. The number of rotatable bonds is 5. The van der Waals surface area contributed by atoms with Crippen LogP contribution in [0.15, 0.2) is 6.33 Å². The van der Waals surface area contributed by atoms with Crippen molar-refractivity contribution in [3.8, 4) is 11.8 Å². The molecular weight excluding hydrogens is 242 g/mol. The van der Waals surface area contributed by atoms with E-state index in [0.717, 1.165) is 5.56 Å². The van der Waals surface area contributed by atoms with E-state index in [9.17, 15) is 0 Å². The van der Waals surface area contributed by atoms with Crippen LogP contribution < -0.4 is 14.8 Å². The van der Waals surface area contributed by atoms with Gasteiger partial charge in [0.05, 0.1) is 19.8 Å². The Balaban J connectivity index is 2.09. The summed E-state index contributed by atoms with van der Waals surface area (Å²) in [7, 11) is 3.24. The Morgan fingerprint density at radius 1 is 1.11 bits per heavy atom. The van der Waals surface area contributed by atoms with Crippen LogP contribution in [0.1, 0.15) is 44.6 Å². The maximum Gasteiger partial charge on any atom is 0.224 e. The second kappa shape index (κ2) is 6.19. The highest BCUT2D eigenvalue weighted by Crippen LogP contribution is 2.29. The lowest BCUT2D eigenvalue weighted by molar-refractivity contribution is 0.248. The molecule has 1 heterocycles. The summed E-state index contributed by atoms with van der Waals surface area (Å²) in [6, 6.07) is 0. The lowest BCUT2D eigenvalue weighted by Gasteiger charge is -2.35. The molecule has 0 saturated heterocycles. The van der Waals surface area contributed by atoms with E-state index >= 15 is 0 Å². The first-order chi connectivity index (χ1) is 9.18. The van der Waals surface area contributed by atoms with Crippen molar-refractivity contribution in [1.82, 2.24) is 15.3 Å². The third-order valence-corrected chi connectivity index (χ3v) is 3.90. The summed E-state index contributed by atoms with van der Waals surface area (Å²) in [6.45, 7) is 2.96. The molecular formula is C14H23N3O2. The number of hydrogen-bond donors (Lipinski definition) is 1. The molecule has 5 heteroatoms. The highest BCUT2D eigenvalue weighted by Gasteiger charge is 2.27. The number of ether oxygens (including phenoxy) is 2. The van der Waals surface area contributed by atoms with Gasteiger partial charge in [0.2, 0.25) is 11.8 Å². The fraction of sp³-hybridized carbons (Fsp3) is 0.714. The second-order valence-corrected chi connectivity index (χ2v) is 5.35. The molecule has 0 aliphatic heterocycles. The molecule has 1 fully saturated rings. The summed E-state index contributed by atoms with van der Waals surface area (Å²) >= 11 is 0. The summed E-state index contributed by atoms with van der Waals surface area (Å²) in [5.74, 6) is 1.16. The van der Waals surface area contributed by atoms with Gasteiger partial charge in [0.15, 0.2) is 0 Å². The fourth-order valence-corrected chi connectivity index (χ4v) is 2.69. The van der Waals surface area contributed by atoms with Gasteiger partial charge in [0.1, 0.15) is 6.33 Å². The van der Waals surface area contributed by atoms with Crippen molar-refractivity contribution >= 4 is 0 Å². The molecule has 1 aromatic rings. The van der Waals surface area contributed by atoms with Crippen molar-refractivity contribution in [2.24, 2.45) is 0 Å². The average molecular weight is 265 g/mol. The number of methoxy groups -OCH3 is 2. The SMILES string of the molecule is COc1ncnc(OC)c1CNC1(C)CCCCC1. The zero-order chi connectivity index (χ0) is 13.7. The standard InChI is InChI=1S/C14H23N3O2/c1-14(7-5-4-6-8-14)17-9-11-12(18-2)15-10-16-13(11)19-3/h10,17H,4-9H2,1-3H3. The van der Waals surface area contributed by atoms with Gasteiger partial charge in [-0.2, -0.15) is 0 Å². The van der Waals surface area contributed by atoms with Crippen molar-refractivity contribution in [3.63, 3.8) is 0 Å². The number of nitrogens with one attached hydrogen (secondary N) is 1. The van der Waals surface area contributed by atoms with E-state index < -0.39 is 0 Å². The first-order valence-electron chi connectivity index (χ1n) is 6.85. The van der Waals surface area contributed by atoms with Crippen LogP contribution in [0.4, 0.5) is 0 Å². The quantitative estimate of drug-likeness (QED) is 0.885. The predicted octanol–water partition coefficient (Wildman–Crippen LogP) is 2.31. The van der Waals surface area contributed by atoms with Crippen LogP contribution in [-0.4, -0.2) is 29.7 Å². The predicted molar refractivity (Wildman–Crippen MR) is 73.5 cm³/mol. The minimum Gasteiger partial charge on any atom is -0.481 e. The average Bonchev–Trinajstić information content (AvgIpc) is 2.45. The van der Waals surface area contributed by atoms with Crippen LogP contribution >= 0.6 is 0 Å². The highest BCUT2D eigenvalue weighted by atomic mass is 16.5. The Morgan fingerprint density at radius 2 is 1.68 bits per heavy atom. The van der Waals surface area contributed by atoms with Gasteiger partial charge < -0.3 is 14.8 Å². The maximum absolute atomic E-state index is 5.29. The first-order valence-corrected chi connectivity index (χ1v) is 6.85. The Hall–Kier alpha value is -1.36. The summed E-state index contributed by atoms with van der Waals surface area (Å²) in [6.07, 6.45) is 7.82. The Morgan fingerprint density at radius 3 is 2.21 bits per heavy atom. The van der Waals surface area contributed by atoms with Crippen LogP contribution in [0.3, 0.4) is 0 Å². The van der Waals surface area contributed by atoms with Gasteiger partial charge in [-0.05, 0) is 19.8 Å². The van der Waals surface area contributed by atoms with E-state index in [1.165, 1.54) is 38.4 Å². The lowest BCUT2D eigenvalue weighted by Crippen LogP contribution is -2.43.